The number of hydrogen-bond acceptors (Lipinski definition) is 3. The van der Waals surface area contributed by atoms with E-state index >= 15 is 0 Å². The van der Waals surface area contributed by atoms with Gasteiger partial charge in [-0.2, -0.15) is 0 Å². The molecule has 1 aliphatic heterocycles. The smallest absolute Gasteiger partial charge is 0.241 e. The number of amides is 2. The second-order valence-electron chi connectivity index (χ2n) is 4.99. The molecule has 104 valence electrons. The fourth-order valence-electron chi connectivity index (χ4n) is 2.16. The Balaban J connectivity index is 2.39. The number of likely N-dealkylation sites (tertiary alicyclic amines) is 1. The lowest BCUT2D eigenvalue weighted by molar-refractivity contribution is -0.135. The SMILES string of the molecule is CCC(N)(CC)C(=O)NCC(=O)N1CCCCC1. The highest BCUT2D eigenvalue weighted by atomic mass is 16.2. The van der Waals surface area contributed by atoms with Crippen LogP contribution >= 0.6 is 0 Å². The Kier molecular flexibility index (Phi) is 5.59. The molecule has 0 bridgehead atoms. The van der Waals surface area contributed by atoms with Gasteiger partial charge in [0.05, 0.1) is 12.1 Å². The topological polar surface area (TPSA) is 75.4 Å². The van der Waals surface area contributed by atoms with Crippen molar-refractivity contribution in [3.05, 3.63) is 0 Å². The Morgan fingerprint density at radius 1 is 1.17 bits per heavy atom. The predicted octanol–water partition coefficient (Wildman–Crippen LogP) is 0.633. The molecule has 1 fully saturated rings. The molecule has 0 aromatic heterocycles. The number of nitrogens with one attached hydrogen (secondary N) is 1. The van der Waals surface area contributed by atoms with Crippen molar-refractivity contribution in [2.45, 2.75) is 51.5 Å². The highest BCUT2D eigenvalue weighted by molar-refractivity contribution is 5.90. The first-order valence-corrected chi connectivity index (χ1v) is 6.88. The maximum atomic E-state index is 11.9. The number of nitrogens with zero attached hydrogens (tertiary/aromatic N) is 1. The molecule has 1 aliphatic rings. The molecule has 1 heterocycles. The van der Waals surface area contributed by atoms with Crippen LogP contribution in [0.2, 0.25) is 0 Å². The molecule has 3 N–H and O–H groups in total. The van der Waals surface area contributed by atoms with Gasteiger partial charge in [-0.3, -0.25) is 9.59 Å². The summed E-state index contributed by atoms with van der Waals surface area (Å²) in [6.07, 6.45) is 4.46. The minimum Gasteiger partial charge on any atom is -0.345 e. The van der Waals surface area contributed by atoms with Crippen LogP contribution in [-0.2, 0) is 9.59 Å². The summed E-state index contributed by atoms with van der Waals surface area (Å²) in [5.41, 5.74) is 5.12. The predicted molar refractivity (Wildman–Crippen MR) is 70.9 cm³/mol. The average Bonchev–Trinajstić information content (AvgIpc) is 2.44. The van der Waals surface area contributed by atoms with Gasteiger partial charge in [0.2, 0.25) is 11.8 Å². The highest BCUT2D eigenvalue weighted by Crippen LogP contribution is 2.11. The van der Waals surface area contributed by atoms with Crippen LogP contribution in [0.25, 0.3) is 0 Å². The Morgan fingerprint density at radius 3 is 2.22 bits per heavy atom. The van der Waals surface area contributed by atoms with E-state index in [1.54, 1.807) is 0 Å². The van der Waals surface area contributed by atoms with E-state index in [9.17, 15) is 9.59 Å². The molecule has 2 amide bonds. The molecule has 0 atom stereocenters. The van der Waals surface area contributed by atoms with Gasteiger partial charge in [-0.15, -0.1) is 0 Å². The van der Waals surface area contributed by atoms with Crippen molar-refractivity contribution in [1.82, 2.24) is 10.2 Å². The first-order chi connectivity index (χ1) is 8.53. The molecular weight excluding hydrogens is 230 g/mol. The van der Waals surface area contributed by atoms with Crippen LogP contribution in [0.1, 0.15) is 46.0 Å². The van der Waals surface area contributed by atoms with Crippen LogP contribution < -0.4 is 11.1 Å². The molecular formula is C13H25N3O2. The van der Waals surface area contributed by atoms with Crippen molar-refractivity contribution in [3.8, 4) is 0 Å². The Morgan fingerprint density at radius 2 is 1.72 bits per heavy atom. The monoisotopic (exact) mass is 255 g/mol. The van der Waals surface area contributed by atoms with Gasteiger partial charge in [0.15, 0.2) is 0 Å². The number of carbonyl (C=O) groups excluding carboxylic acids is 2. The van der Waals surface area contributed by atoms with E-state index in [1.807, 2.05) is 18.7 Å². The molecule has 18 heavy (non-hydrogen) atoms. The molecule has 0 unspecified atom stereocenters. The minimum atomic E-state index is -0.845. The van der Waals surface area contributed by atoms with Crippen LogP contribution in [0.15, 0.2) is 0 Å². The molecule has 0 radical (unpaired) electrons. The van der Waals surface area contributed by atoms with Crippen LogP contribution in [0.3, 0.4) is 0 Å². The van der Waals surface area contributed by atoms with Crippen molar-refractivity contribution in [2.75, 3.05) is 19.6 Å². The lowest BCUT2D eigenvalue weighted by Crippen LogP contribution is -2.55. The summed E-state index contributed by atoms with van der Waals surface area (Å²) in [6.45, 7) is 5.46. The molecule has 0 saturated carbocycles. The van der Waals surface area contributed by atoms with E-state index in [1.165, 1.54) is 6.42 Å². The normalized spacial score (nSPS) is 16.5. The molecule has 0 aromatic carbocycles. The third-order valence-corrected chi connectivity index (χ3v) is 3.82. The van der Waals surface area contributed by atoms with E-state index in [2.05, 4.69) is 5.32 Å². The molecule has 0 aromatic rings. The van der Waals surface area contributed by atoms with Crippen molar-refractivity contribution in [3.63, 3.8) is 0 Å². The first kappa shape index (κ1) is 15.0. The lowest BCUT2D eigenvalue weighted by Gasteiger charge is -2.28. The minimum absolute atomic E-state index is 0.00222. The number of piperidine rings is 1. The Bertz CT molecular complexity index is 295. The molecule has 1 rings (SSSR count). The summed E-state index contributed by atoms with van der Waals surface area (Å²) in [4.78, 5) is 25.6. The third kappa shape index (κ3) is 3.70. The van der Waals surface area contributed by atoms with Gasteiger partial charge in [-0.25, -0.2) is 0 Å². The van der Waals surface area contributed by atoms with Crippen molar-refractivity contribution in [1.29, 1.82) is 0 Å². The van der Waals surface area contributed by atoms with Crippen molar-refractivity contribution < 1.29 is 9.59 Å². The summed E-state index contributed by atoms with van der Waals surface area (Å²) in [5.74, 6) is -0.226. The summed E-state index contributed by atoms with van der Waals surface area (Å²) < 4.78 is 0. The maximum Gasteiger partial charge on any atom is 0.241 e. The van der Waals surface area contributed by atoms with Crippen molar-refractivity contribution >= 4 is 11.8 Å². The number of carbonyl (C=O) groups is 2. The van der Waals surface area contributed by atoms with Crippen LogP contribution in [0.5, 0.6) is 0 Å². The summed E-state index contributed by atoms with van der Waals surface area (Å²) in [7, 11) is 0. The Labute approximate surface area is 109 Å². The second-order valence-corrected chi connectivity index (χ2v) is 4.99. The quantitative estimate of drug-likeness (QED) is 0.756. The molecule has 0 spiro atoms. The number of rotatable bonds is 5. The third-order valence-electron chi connectivity index (χ3n) is 3.82. The van der Waals surface area contributed by atoms with Gasteiger partial charge < -0.3 is 16.0 Å². The van der Waals surface area contributed by atoms with Gasteiger partial charge in [-0.05, 0) is 32.1 Å². The van der Waals surface area contributed by atoms with Crippen LogP contribution in [0, 0.1) is 0 Å². The standard InChI is InChI=1S/C13H25N3O2/c1-3-13(14,4-2)12(18)15-10-11(17)16-8-6-5-7-9-16/h3-10,14H2,1-2H3,(H,15,18). The van der Waals surface area contributed by atoms with Gasteiger partial charge >= 0.3 is 0 Å². The molecule has 5 nitrogen and oxygen atoms in total. The zero-order chi connectivity index (χ0) is 13.6. The summed E-state index contributed by atoms with van der Waals surface area (Å²) >= 11 is 0. The number of nitrogens with two attached hydrogens (primary N) is 1. The van der Waals surface area contributed by atoms with E-state index in [-0.39, 0.29) is 18.4 Å². The fraction of sp³-hybridized carbons (Fsp3) is 0.846. The summed E-state index contributed by atoms with van der Waals surface area (Å²) in [5, 5.41) is 2.67. The molecule has 5 heteroatoms. The van der Waals surface area contributed by atoms with E-state index < -0.39 is 5.54 Å². The van der Waals surface area contributed by atoms with Crippen molar-refractivity contribution in [2.24, 2.45) is 5.73 Å². The largest absolute Gasteiger partial charge is 0.345 e. The average molecular weight is 255 g/mol. The molecule has 0 aliphatic carbocycles. The van der Waals surface area contributed by atoms with E-state index in [0.29, 0.717) is 12.8 Å². The number of hydrogen-bond donors (Lipinski definition) is 2. The van der Waals surface area contributed by atoms with Gasteiger partial charge in [0.25, 0.3) is 0 Å². The van der Waals surface area contributed by atoms with Gasteiger partial charge in [0, 0.05) is 13.1 Å². The zero-order valence-electron chi connectivity index (χ0n) is 11.5. The van der Waals surface area contributed by atoms with Crippen LogP contribution in [0.4, 0.5) is 0 Å². The Hall–Kier alpha value is -1.10. The van der Waals surface area contributed by atoms with Crippen LogP contribution in [-0.4, -0.2) is 41.9 Å². The maximum absolute atomic E-state index is 11.9. The molecule has 1 saturated heterocycles. The first-order valence-electron chi connectivity index (χ1n) is 6.88. The van der Waals surface area contributed by atoms with E-state index in [4.69, 9.17) is 5.73 Å². The van der Waals surface area contributed by atoms with Gasteiger partial charge in [0.1, 0.15) is 0 Å². The lowest BCUT2D eigenvalue weighted by atomic mass is 9.93. The van der Waals surface area contributed by atoms with E-state index in [0.717, 1.165) is 25.9 Å². The second kappa shape index (κ2) is 6.73. The zero-order valence-corrected chi connectivity index (χ0v) is 11.5. The summed E-state index contributed by atoms with van der Waals surface area (Å²) in [6, 6.07) is 0. The fourth-order valence-corrected chi connectivity index (χ4v) is 2.16. The highest BCUT2D eigenvalue weighted by Gasteiger charge is 2.30. The van der Waals surface area contributed by atoms with Gasteiger partial charge in [-0.1, -0.05) is 13.8 Å².